The maximum absolute atomic E-state index is 12.0. The summed E-state index contributed by atoms with van der Waals surface area (Å²) in [6, 6.07) is 0. The summed E-state index contributed by atoms with van der Waals surface area (Å²) in [7, 11) is 0. The molecule has 5 nitrogen and oxygen atoms in total. The van der Waals surface area contributed by atoms with Crippen LogP contribution in [-0.4, -0.2) is 52.1 Å². The van der Waals surface area contributed by atoms with Gasteiger partial charge in [0, 0.05) is 19.0 Å². The normalized spacial score (nSPS) is 26.1. The Kier molecular flexibility index (Phi) is 5.62. The molecule has 0 saturated carbocycles. The Morgan fingerprint density at radius 2 is 2.11 bits per heavy atom. The van der Waals surface area contributed by atoms with Gasteiger partial charge in [0.05, 0.1) is 12.2 Å². The molecular formula is C14H27NO4. The van der Waals surface area contributed by atoms with Gasteiger partial charge in [0.25, 0.3) is 0 Å². The molecule has 1 aliphatic heterocycles. The van der Waals surface area contributed by atoms with Gasteiger partial charge in [0.2, 0.25) is 0 Å². The third-order valence-electron chi connectivity index (χ3n) is 3.39. The van der Waals surface area contributed by atoms with Crippen LogP contribution < -0.4 is 0 Å². The van der Waals surface area contributed by atoms with Crippen molar-refractivity contribution in [3.8, 4) is 0 Å². The Labute approximate surface area is 115 Å². The second-order valence-electron chi connectivity index (χ2n) is 6.34. The summed E-state index contributed by atoms with van der Waals surface area (Å²) in [5.41, 5.74) is -0.508. The fourth-order valence-corrected chi connectivity index (χ4v) is 2.26. The number of carbonyl (C=O) groups excluding carboxylic acids is 1. The molecule has 19 heavy (non-hydrogen) atoms. The van der Waals surface area contributed by atoms with Gasteiger partial charge < -0.3 is 19.8 Å². The molecule has 0 aliphatic carbocycles. The minimum absolute atomic E-state index is 0.0729. The summed E-state index contributed by atoms with van der Waals surface area (Å²) in [5.74, 6) is -0.0729. The molecular weight excluding hydrogens is 246 g/mol. The minimum atomic E-state index is -0.508. The van der Waals surface area contributed by atoms with E-state index in [2.05, 4.69) is 0 Å². The smallest absolute Gasteiger partial charge is 0.410 e. The van der Waals surface area contributed by atoms with Crippen molar-refractivity contribution in [2.45, 2.75) is 64.8 Å². The van der Waals surface area contributed by atoms with E-state index in [1.54, 1.807) is 4.90 Å². The summed E-state index contributed by atoms with van der Waals surface area (Å²) in [4.78, 5) is 13.6. The van der Waals surface area contributed by atoms with Crippen LogP contribution in [0.3, 0.4) is 0 Å². The van der Waals surface area contributed by atoms with Crippen molar-refractivity contribution >= 4 is 6.09 Å². The van der Waals surface area contributed by atoms with Gasteiger partial charge in [-0.05, 0) is 40.0 Å². The number of carbonyl (C=O) groups is 1. The van der Waals surface area contributed by atoms with Gasteiger partial charge in [0.1, 0.15) is 5.60 Å². The molecule has 1 heterocycles. The van der Waals surface area contributed by atoms with Crippen molar-refractivity contribution in [1.82, 2.24) is 4.90 Å². The number of likely N-dealkylation sites (tertiary alicyclic amines) is 1. The van der Waals surface area contributed by atoms with Crippen LogP contribution in [-0.2, 0) is 4.74 Å². The highest BCUT2D eigenvalue weighted by Crippen LogP contribution is 2.24. The number of hydrogen-bond acceptors (Lipinski definition) is 4. The predicted octanol–water partition coefficient (Wildman–Crippen LogP) is 1.77. The summed E-state index contributed by atoms with van der Waals surface area (Å²) in [6.45, 7) is 8.37. The molecule has 0 aromatic heterocycles. The van der Waals surface area contributed by atoms with Crippen LogP contribution in [0.1, 0.15) is 47.0 Å². The molecule has 1 aliphatic rings. The van der Waals surface area contributed by atoms with Crippen LogP contribution in [0.4, 0.5) is 4.79 Å². The second-order valence-corrected chi connectivity index (χ2v) is 6.34. The van der Waals surface area contributed by atoms with Crippen molar-refractivity contribution in [2.75, 3.05) is 13.1 Å². The number of aliphatic hydroxyl groups excluding tert-OH is 2. The van der Waals surface area contributed by atoms with E-state index in [-0.39, 0.29) is 12.0 Å². The van der Waals surface area contributed by atoms with E-state index < -0.39 is 17.8 Å². The van der Waals surface area contributed by atoms with E-state index in [4.69, 9.17) is 4.74 Å². The summed E-state index contributed by atoms with van der Waals surface area (Å²) in [5, 5.41) is 19.6. The van der Waals surface area contributed by atoms with Crippen molar-refractivity contribution in [3.63, 3.8) is 0 Å². The molecule has 1 saturated heterocycles. The van der Waals surface area contributed by atoms with Gasteiger partial charge in [-0.2, -0.15) is 0 Å². The molecule has 1 amide bonds. The van der Waals surface area contributed by atoms with Crippen molar-refractivity contribution in [2.24, 2.45) is 5.92 Å². The number of nitrogens with zero attached hydrogens (tertiary/aromatic N) is 1. The summed E-state index contributed by atoms with van der Waals surface area (Å²) < 4.78 is 5.33. The first-order valence-electron chi connectivity index (χ1n) is 7.07. The predicted molar refractivity (Wildman–Crippen MR) is 72.8 cm³/mol. The van der Waals surface area contributed by atoms with E-state index in [1.807, 2.05) is 27.7 Å². The van der Waals surface area contributed by atoms with Crippen LogP contribution in [0.25, 0.3) is 0 Å². The number of ether oxygens (including phenoxy) is 1. The van der Waals surface area contributed by atoms with Crippen molar-refractivity contribution in [3.05, 3.63) is 0 Å². The highest BCUT2D eigenvalue weighted by molar-refractivity contribution is 5.68. The second kappa shape index (κ2) is 6.57. The van der Waals surface area contributed by atoms with Gasteiger partial charge in [-0.3, -0.25) is 0 Å². The molecule has 1 rings (SSSR count). The van der Waals surface area contributed by atoms with Crippen LogP contribution in [0, 0.1) is 5.92 Å². The lowest BCUT2D eigenvalue weighted by atomic mass is 9.89. The standard InChI is InChI=1S/C14H27NO4/c1-5-11(16)8-10-9-15(7-6-12(10)17)13(18)19-14(2,3)4/h10-12,16-17H,5-9H2,1-4H3. The molecule has 0 aromatic carbocycles. The maximum Gasteiger partial charge on any atom is 0.410 e. The average molecular weight is 273 g/mol. The van der Waals surface area contributed by atoms with Gasteiger partial charge in [-0.25, -0.2) is 4.79 Å². The van der Waals surface area contributed by atoms with Crippen LogP contribution in [0.2, 0.25) is 0 Å². The third kappa shape index (κ3) is 5.37. The van der Waals surface area contributed by atoms with Gasteiger partial charge in [-0.1, -0.05) is 6.92 Å². The first-order valence-corrected chi connectivity index (χ1v) is 7.07. The molecule has 3 unspecified atom stereocenters. The number of rotatable bonds is 3. The Bertz CT molecular complexity index is 300. The zero-order chi connectivity index (χ0) is 14.6. The largest absolute Gasteiger partial charge is 0.444 e. The quantitative estimate of drug-likeness (QED) is 0.822. The number of amides is 1. The SMILES string of the molecule is CCC(O)CC1CN(C(=O)OC(C)(C)C)CCC1O. The fraction of sp³-hybridized carbons (Fsp3) is 0.929. The molecule has 0 spiro atoms. The van der Waals surface area contributed by atoms with E-state index >= 15 is 0 Å². The lowest BCUT2D eigenvalue weighted by molar-refractivity contribution is -0.0200. The Hall–Kier alpha value is -0.810. The average Bonchev–Trinajstić information content (AvgIpc) is 2.29. The lowest BCUT2D eigenvalue weighted by Crippen LogP contribution is -2.48. The lowest BCUT2D eigenvalue weighted by Gasteiger charge is -2.37. The molecule has 0 bridgehead atoms. The Morgan fingerprint density at radius 3 is 2.63 bits per heavy atom. The summed E-state index contributed by atoms with van der Waals surface area (Å²) >= 11 is 0. The third-order valence-corrected chi connectivity index (χ3v) is 3.39. The molecule has 3 atom stereocenters. The van der Waals surface area contributed by atoms with E-state index in [1.165, 1.54) is 0 Å². The maximum atomic E-state index is 12.0. The Morgan fingerprint density at radius 1 is 1.47 bits per heavy atom. The van der Waals surface area contributed by atoms with Crippen molar-refractivity contribution in [1.29, 1.82) is 0 Å². The highest BCUT2D eigenvalue weighted by atomic mass is 16.6. The molecule has 1 fully saturated rings. The molecule has 5 heteroatoms. The summed E-state index contributed by atoms with van der Waals surface area (Å²) in [6.07, 6.45) is 0.529. The minimum Gasteiger partial charge on any atom is -0.444 e. The van der Waals surface area contributed by atoms with Gasteiger partial charge in [-0.15, -0.1) is 0 Å². The number of aliphatic hydroxyl groups is 2. The van der Waals surface area contributed by atoms with Gasteiger partial charge in [0.15, 0.2) is 0 Å². The van der Waals surface area contributed by atoms with E-state index in [0.717, 1.165) is 0 Å². The topological polar surface area (TPSA) is 70.0 Å². The van der Waals surface area contributed by atoms with Crippen LogP contribution in [0.5, 0.6) is 0 Å². The molecule has 112 valence electrons. The molecule has 0 radical (unpaired) electrons. The Balaban J connectivity index is 2.56. The zero-order valence-electron chi connectivity index (χ0n) is 12.4. The first-order chi connectivity index (χ1) is 8.73. The van der Waals surface area contributed by atoms with Crippen LogP contribution >= 0.6 is 0 Å². The molecule has 0 aromatic rings. The number of hydrogen-bond donors (Lipinski definition) is 2. The first kappa shape index (κ1) is 16.2. The fourth-order valence-electron chi connectivity index (χ4n) is 2.26. The number of piperidine rings is 1. The monoisotopic (exact) mass is 273 g/mol. The molecule has 2 N–H and O–H groups in total. The highest BCUT2D eigenvalue weighted by Gasteiger charge is 2.33. The van der Waals surface area contributed by atoms with Gasteiger partial charge >= 0.3 is 6.09 Å². The van der Waals surface area contributed by atoms with Crippen molar-refractivity contribution < 1.29 is 19.7 Å². The van der Waals surface area contributed by atoms with Crippen LogP contribution in [0.15, 0.2) is 0 Å². The van der Waals surface area contributed by atoms with E-state index in [0.29, 0.717) is 32.4 Å². The zero-order valence-corrected chi connectivity index (χ0v) is 12.4. The van der Waals surface area contributed by atoms with E-state index in [9.17, 15) is 15.0 Å².